The van der Waals surface area contributed by atoms with Crippen molar-refractivity contribution in [3.63, 3.8) is 0 Å². The highest BCUT2D eigenvalue weighted by Crippen LogP contribution is 2.29. The van der Waals surface area contributed by atoms with Gasteiger partial charge in [-0.25, -0.2) is 0 Å². The zero-order chi connectivity index (χ0) is 16.8. The van der Waals surface area contributed by atoms with Gasteiger partial charge in [0.15, 0.2) is 0 Å². The fourth-order valence-electron chi connectivity index (χ4n) is 2.18. The average molecular weight is 314 g/mol. The van der Waals surface area contributed by atoms with Crippen LogP contribution in [0.15, 0.2) is 42.5 Å². The molecule has 0 fully saturated rings. The van der Waals surface area contributed by atoms with E-state index in [1.54, 1.807) is 42.5 Å². The van der Waals surface area contributed by atoms with Gasteiger partial charge in [0, 0.05) is 5.69 Å². The highest BCUT2D eigenvalue weighted by atomic mass is 16.5. The second kappa shape index (κ2) is 7.31. The van der Waals surface area contributed by atoms with Crippen LogP contribution in [0.3, 0.4) is 0 Å². The summed E-state index contributed by atoms with van der Waals surface area (Å²) in [6.45, 7) is 0. The molecule has 0 radical (unpaired) electrons. The van der Waals surface area contributed by atoms with E-state index in [4.69, 9.17) is 15.2 Å². The number of anilines is 1. The standard InChI is InChI=1S/C17H18N2O4/c1-22-13-4-3-5-14(23-2)16(13)17(21)19-12-8-6-11(7-9-12)10-15(18)20/h3-9H,10H2,1-2H3,(H2,18,20)(H,19,21). The Balaban J connectivity index is 2.21. The van der Waals surface area contributed by atoms with Crippen LogP contribution in [0, 0.1) is 0 Å². The fourth-order valence-corrected chi connectivity index (χ4v) is 2.18. The number of hydrogen-bond donors (Lipinski definition) is 2. The van der Waals surface area contributed by atoms with E-state index >= 15 is 0 Å². The number of carbonyl (C=O) groups excluding carboxylic acids is 2. The van der Waals surface area contributed by atoms with Crippen LogP contribution in [0.5, 0.6) is 11.5 Å². The summed E-state index contributed by atoms with van der Waals surface area (Å²) >= 11 is 0. The van der Waals surface area contributed by atoms with Crippen molar-refractivity contribution in [3.8, 4) is 11.5 Å². The fraction of sp³-hybridized carbons (Fsp3) is 0.176. The third kappa shape index (κ3) is 4.00. The Morgan fingerprint density at radius 2 is 1.57 bits per heavy atom. The third-order valence-electron chi connectivity index (χ3n) is 3.25. The van der Waals surface area contributed by atoms with Crippen molar-refractivity contribution in [3.05, 3.63) is 53.6 Å². The van der Waals surface area contributed by atoms with Crippen molar-refractivity contribution in [1.82, 2.24) is 0 Å². The van der Waals surface area contributed by atoms with E-state index in [0.29, 0.717) is 22.7 Å². The van der Waals surface area contributed by atoms with Gasteiger partial charge in [0.2, 0.25) is 5.91 Å². The molecule has 120 valence electrons. The van der Waals surface area contributed by atoms with E-state index in [9.17, 15) is 9.59 Å². The molecule has 2 rings (SSSR count). The van der Waals surface area contributed by atoms with E-state index < -0.39 is 5.91 Å². The predicted molar refractivity (Wildman–Crippen MR) is 86.8 cm³/mol. The van der Waals surface area contributed by atoms with Gasteiger partial charge in [-0.1, -0.05) is 18.2 Å². The number of hydrogen-bond acceptors (Lipinski definition) is 4. The van der Waals surface area contributed by atoms with Crippen LogP contribution >= 0.6 is 0 Å². The molecule has 0 unspecified atom stereocenters. The third-order valence-corrected chi connectivity index (χ3v) is 3.25. The van der Waals surface area contributed by atoms with E-state index in [-0.39, 0.29) is 12.3 Å². The normalized spacial score (nSPS) is 10.0. The molecular formula is C17H18N2O4. The highest BCUT2D eigenvalue weighted by Gasteiger charge is 2.18. The lowest BCUT2D eigenvalue weighted by Gasteiger charge is -2.13. The Morgan fingerprint density at radius 3 is 2.04 bits per heavy atom. The van der Waals surface area contributed by atoms with Gasteiger partial charge in [-0.15, -0.1) is 0 Å². The Bertz CT molecular complexity index is 689. The SMILES string of the molecule is COc1cccc(OC)c1C(=O)Nc1ccc(CC(N)=O)cc1. The van der Waals surface area contributed by atoms with Gasteiger partial charge in [0.25, 0.3) is 5.91 Å². The molecule has 6 heteroatoms. The van der Waals surface area contributed by atoms with Gasteiger partial charge in [-0.2, -0.15) is 0 Å². The van der Waals surface area contributed by atoms with Gasteiger partial charge < -0.3 is 20.5 Å². The molecule has 0 aliphatic heterocycles. The number of carbonyl (C=O) groups is 2. The van der Waals surface area contributed by atoms with Crippen molar-refractivity contribution in [2.24, 2.45) is 5.73 Å². The summed E-state index contributed by atoms with van der Waals surface area (Å²) < 4.78 is 10.4. The molecule has 3 N–H and O–H groups in total. The lowest BCUT2D eigenvalue weighted by atomic mass is 10.1. The van der Waals surface area contributed by atoms with Gasteiger partial charge in [0.1, 0.15) is 17.1 Å². The minimum atomic E-state index is -0.402. The molecule has 0 spiro atoms. The van der Waals surface area contributed by atoms with Gasteiger partial charge in [-0.3, -0.25) is 9.59 Å². The van der Waals surface area contributed by atoms with Crippen molar-refractivity contribution in [2.45, 2.75) is 6.42 Å². The van der Waals surface area contributed by atoms with Gasteiger partial charge in [-0.05, 0) is 29.8 Å². The first-order valence-corrected chi connectivity index (χ1v) is 6.94. The lowest BCUT2D eigenvalue weighted by Crippen LogP contribution is -2.15. The van der Waals surface area contributed by atoms with Gasteiger partial charge >= 0.3 is 0 Å². The maximum absolute atomic E-state index is 12.5. The highest BCUT2D eigenvalue weighted by molar-refractivity contribution is 6.08. The Kier molecular flexibility index (Phi) is 5.19. The monoisotopic (exact) mass is 314 g/mol. The first kappa shape index (κ1) is 16.4. The van der Waals surface area contributed by atoms with E-state index in [1.807, 2.05) is 0 Å². The van der Waals surface area contributed by atoms with Crippen LogP contribution in [0.4, 0.5) is 5.69 Å². The number of rotatable bonds is 6. The number of nitrogens with one attached hydrogen (secondary N) is 1. The lowest BCUT2D eigenvalue weighted by molar-refractivity contribution is -0.117. The molecule has 0 saturated heterocycles. The summed E-state index contributed by atoms with van der Waals surface area (Å²) in [7, 11) is 2.98. The number of benzene rings is 2. The smallest absolute Gasteiger partial charge is 0.263 e. The van der Waals surface area contributed by atoms with Crippen LogP contribution in [-0.4, -0.2) is 26.0 Å². The largest absolute Gasteiger partial charge is 0.496 e. The molecule has 0 aliphatic carbocycles. The second-order valence-electron chi connectivity index (χ2n) is 4.83. The van der Waals surface area contributed by atoms with E-state index in [0.717, 1.165) is 5.56 Å². The predicted octanol–water partition coefficient (Wildman–Crippen LogP) is 1.98. The molecule has 6 nitrogen and oxygen atoms in total. The van der Waals surface area contributed by atoms with E-state index in [2.05, 4.69) is 5.32 Å². The maximum atomic E-state index is 12.5. The molecule has 0 heterocycles. The molecule has 0 aliphatic rings. The molecule has 0 atom stereocenters. The van der Waals surface area contributed by atoms with Crippen LogP contribution in [-0.2, 0) is 11.2 Å². The summed E-state index contributed by atoms with van der Waals surface area (Å²) in [5.74, 6) is 0.0990. The summed E-state index contributed by atoms with van der Waals surface area (Å²) in [6, 6.07) is 12.0. The Hall–Kier alpha value is -3.02. The zero-order valence-electron chi connectivity index (χ0n) is 13.0. The van der Waals surface area contributed by atoms with Crippen molar-refractivity contribution >= 4 is 17.5 Å². The Morgan fingerprint density at radius 1 is 1.00 bits per heavy atom. The van der Waals surface area contributed by atoms with Crippen LogP contribution in [0.1, 0.15) is 15.9 Å². The van der Waals surface area contributed by atoms with Crippen molar-refractivity contribution in [1.29, 1.82) is 0 Å². The molecular weight excluding hydrogens is 296 g/mol. The molecule has 23 heavy (non-hydrogen) atoms. The number of amides is 2. The molecule has 0 saturated carbocycles. The molecule has 2 aromatic carbocycles. The number of ether oxygens (including phenoxy) is 2. The first-order chi connectivity index (χ1) is 11.0. The van der Waals surface area contributed by atoms with Crippen LogP contribution < -0.4 is 20.5 Å². The molecule has 2 amide bonds. The minimum absolute atomic E-state index is 0.161. The molecule has 0 bridgehead atoms. The summed E-state index contributed by atoms with van der Waals surface area (Å²) in [5.41, 5.74) is 6.84. The van der Waals surface area contributed by atoms with Crippen molar-refractivity contribution < 1.29 is 19.1 Å². The summed E-state index contributed by atoms with van der Waals surface area (Å²) in [5, 5.41) is 2.77. The van der Waals surface area contributed by atoms with E-state index in [1.165, 1.54) is 14.2 Å². The number of methoxy groups -OCH3 is 2. The Labute approximate surface area is 134 Å². The van der Waals surface area contributed by atoms with Crippen LogP contribution in [0.25, 0.3) is 0 Å². The van der Waals surface area contributed by atoms with Gasteiger partial charge in [0.05, 0.1) is 20.6 Å². The molecule has 0 aromatic heterocycles. The number of primary amides is 1. The quantitative estimate of drug-likeness (QED) is 0.853. The topological polar surface area (TPSA) is 90.7 Å². The summed E-state index contributed by atoms with van der Waals surface area (Å²) in [6.07, 6.45) is 0.161. The molecule has 2 aromatic rings. The zero-order valence-corrected chi connectivity index (χ0v) is 13.0. The second-order valence-corrected chi connectivity index (χ2v) is 4.83. The average Bonchev–Trinajstić information content (AvgIpc) is 2.55. The first-order valence-electron chi connectivity index (χ1n) is 6.94. The van der Waals surface area contributed by atoms with Crippen molar-refractivity contribution in [2.75, 3.05) is 19.5 Å². The van der Waals surface area contributed by atoms with Crippen LogP contribution in [0.2, 0.25) is 0 Å². The number of nitrogens with two attached hydrogens (primary N) is 1. The summed E-state index contributed by atoms with van der Waals surface area (Å²) in [4.78, 5) is 23.4. The maximum Gasteiger partial charge on any atom is 0.263 e. The minimum Gasteiger partial charge on any atom is -0.496 e.